The van der Waals surface area contributed by atoms with Crippen LogP contribution in [0.4, 0.5) is 20.2 Å². The number of amides is 3. The van der Waals surface area contributed by atoms with E-state index in [1.165, 1.54) is 17.0 Å². The van der Waals surface area contributed by atoms with Gasteiger partial charge in [-0.1, -0.05) is 38.8 Å². The molecule has 1 saturated carbocycles. The van der Waals surface area contributed by atoms with Crippen LogP contribution in [0.15, 0.2) is 30.3 Å². The summed E-state index contributed by atoms with van der Waals surface area (Å²) in [4.78, 5) is 42.8. The lowest BCUT2D eigenvalue weighted by Gasteiger charge is -2.40. The van der Waals surface area contributed by atoms with Gasteiger partial charge in [0.25, 0.3) is 18.2 Å². The third-order valence-electron chi connectivity index (χ3n) is 7.22. The molecule has 1 saturated heterocycles. The van der Waals surface area contributed by atoms with Crippen LogP contribution < -0.4 is 15.5 Å². The maximum atomic E-state index is 14.2. The second-order valence-electron chi connectivity index (χ2n) is 11.8. The number of morpholine rings is 1. The molecule has 41 heavy (non-hydrogen) atoms. The van der Waals surface area contributed by atoms with Gasteiger partial charge in [0, 0.05) is 43.1 Å². The number of hydrogen-bond donors (Lipinski definition) is 2. The number of thiophene rings is 1. The van der Waals surface area contributed by atoms with Gasteiger partial charge in [0.1, 0.15) is 12.6 Å². The molecular weight excluding hydrogens is 574 g/mol. The summed E-state index contributed by atoms with van der Waals surface area (Å²) in [6, 6.07) is 6.63. The number of nitrogens with zero attached hydrogens (tertiary/aromatic N) is 2. The number of nitrogens with one attached hydrogen (secondary N) is 2. The molecular formula is C29H37ClF2N4O4S. The van der Waals surface area contributed by atoms with Crippen molar-refractivity contribution in [3.05, 3.63) is 45.1 Å². The molecule has 12 heteroatoms. The highest BCUT2D eigenvalue weighted by molar-refractivity contribution is 7.18. The van der Waals surface area contributed by atoms with Gasteiger partial charge < -0.3 is 20.3 Å². The second-order valence-corrected chi connectivity index (χ2v) is 13.5. The first-order valence-corrected chi connectivity index (χ1v) is 15.0. The van der Waals surface area contributed by atoms with Crippen LogP contribution in [0.2, 0.25) is 4.34 Å². The molecule has 1 aromatic heterocycles. The average Bonchev–Trinajstić information content (AvgIpc) is 3.32. The topological polar surface area (TPSA) is 91.0 Å². The van der Waals surface area contributed by atoms with Crippen LogP contribution in [0, 0.1) is 11.3 Å². The van der Waals surface area contributed by atoms with E-state index in [-0.39, 0.29) is 48.2 Å². The molecule has 2 heterocycles. The molecule has 1 atom stereocenters. The minimum atomic E-state index is -2.89. The molecule has 4 rings (SSSR count). The van der Waals surface area contributed by atoms with Gasteiger partial charge in [-0.05, 0) is 54.5 Å². The van der Waals surface area contributed by atoms with E-state index in [0.717, 1.165) is 30.6 Å². The lowest BCUT2D eigenvalue weighted by molar-refractivity contribution is -0.125. The molecule has 3 amide bonds. The Kier molecular flexibility index (Phi) is 10.4. The van der Waals surface area contributed by atoms with Gasteiger partial charge in [0.15, 0.2) is 0 Å². The number of carbonyl (C=O) groups is 3. The van der Waals surface area contributed by atoms with Gasteiger partial charge in [-0.2, -0.15) is 0 Å². The number of carbonyl (C=O) groups excluding carboxylic acids is 3. The van der Waals surface area contributed by atoms with Crippen LogP contribution in [0.5, 0.6) is 0 Å². The predicted octanol–water partition coefficient (Wildman–Crippen LogP) is 5.59. The molecule has 1 aliphatic carbocycles. The van der Waals surface area contributed by atoms with Crippen LogP contribution in [0.25, 0.3) is 0 Å². The van der Waals surface area contributed by atoms with Crippen molar-refractivity contribution in [1.29, 1.82) is 0 Å². The number of halogens is 3. The molecule has 0 radical (unpaired) electrons. The van der Waals surface area contributed by atoms with Gasteiger partial charge >= 0.3 is 0 Å². The number of rotatable bonds is 11. The van der Waals surface area contributed by atoms with Gasteiger partial charge in [-0.3, -0.25) is 19.3 Å². The minimum Gasteiger partial charge on any atom is -0.370 e. The molecule has 2 N–H and O–H groups in total. The summed E-state index contributed by atoms with van der Waals surface area (Å²) in [5.41, 5.74) is -0.249. The summed E-state index contributed by atoms with van der Waals surface area (Å²) in [5, 5.41) is 5.57. The third-order valence-corrected chi connectivity index (χ3v) is 8.45. The Bertz CT molecular complexity index is 1250. The van der Waals surface area contributed by atoms with Gasteiger partial charge in [-0.15, -0.1) is 11.3 Å². The van der Waals surface area contributed by atoms with Gasteiger partial charge in [-0.25, -0.2) is 8.78 Å². The highest BCUT2D eigenvalue weighted by atomic mass is 35.5. The Hall–Kier alpha value is -2.60. The number of hydrogen-bond acceptors (Lipinski definition) is 6. The van der Waals surface area contributed by atoms with Crippen LogP contribution in [-0.2, 0) is 14.3 Å². The summed E-state index contributed by atoms with van der Waals surface area (Å²) < 4.78 is 34.1. The summed E-state index contributed by atoms with van der Waals surface area (Å²) in [6.45, 7) is 7.90. The molecule has 0 spiro atoms. The van der Waals surface area contributed by atoms with Crippen molar-refractivity contribution in [2.45, 2.75) is 52.5 Å². The fourth-order valence-electron chi connectivity index (χ4n) is 5.04. The lowest BCUT2D eigenvalue weighted by Crippen LogP contribution is -2.54. The van der Waals surface area contributed by atoms with E-state index in [9.17, 15) is 23.2 Å². The smallest absolute Gasteiger partial charge is 0.265 e. The maximum absolute atomic E-state index is 14.2. The van der Waals surface area contributed by atoms with E-state index in [4.69, 9.17) is 16.3 Å². The van der Waals surface area contributed by atoms with Crippen molar-refractivity contribution in [3.8, 4) is 0 Å². The van der Waals surface area contributed by atoms with E-state index in [0.29, 0.717) is 40.5 Å². The molecule has 1 aliphatic heterocycles. The van der Waals surface area contributed by atoms with Crippen molar-refractivity contribution in [3.63, 3.8) is 0 Å². The highest BCUT2D eigenvalue weighted by Crippen LogP contribution is 2.33. The molecule has 8 nitrogen and oxygen atoms in total. The van der Waals surface area contributed by atoms with Gasteiger partial charge in [0.05, 0.1) is 15.8 Å². The first kappa shape index (κ1) is 31.3. The van der Waals surface area contributed by atoms with Crippen molar-refractivity contribution >= 4 is 52.0 Å². The molecule has 1 aromatic carbocycles. The third kappa shape index (κ3) is 8.47. The normalized spacial score (nSPS) is 17.1. The zero-order valence-corrected chi connectivity index (χ0v) is 25.1. The molecule has 0 bridgehead atoms. The Balaban J connectivity index is 1.59. The maximum Gasteiger partial charge on any atom is 0.265 e. The van der Waals surface area contributed by atoms with E-state index < -0.39 is 18.4 Å². The molecule has 2 fully saturated rings. The van der Waals surface area contributed by atoms with Crippen LogP contribution >= 0.6 is 22.9 Å². The number of anilines is 2. The predicted molar refractivity (Wildman–Crippen MR) is 157 cm³/mol. The molecule has 2 aliphatic rings. The fraction of sp³-hybridized carbons (Fsp3) is 0.552. The largest absolute Gasteiger partial charge is 0.370 e. The fourth-order valence-corrected chi connectivity index (χ4v) is 6.00. The summed E-state index contributed by atoms with van der Waals surface area (Å²) in [7, 11) is 0. The van der Waals surface area contributed by atoms with Crippen LogP contribution in [0.3, 0.4) is 0 Å². The first-order chi connectivity index (χ1) is 19.4. The van der Waals surface area contributed by atoms with E-state index >= 15 is 0 Å². The molecule has 0 unspecified atom stereocenters. The van der Waals surface area contributed by atoms with E-state index in [2.05, 4.69) is 36.3 Å². The molecule has 2 aromatic rings. The zero-order valence-electron chi connectivity index (χ0n) is 23.6. The Morgan fingerprint density at radius 3 is 2.56 bits per heavy atom. The number of benzene rings is 1. The summed E-state index contributed by atoms with van der Waals surface area (Å²) >= 11 is 7.14. The van der Waals surface area contributed by atoms with Crippen molar-refractivity contribution in [2.75, 3.05) is 49.6 Å². The number of alkyl halides is 2. The highest BCUT2D eigenvalue weighted by Gasteiger charge is 2.34. The van der Waals surface area contributed by atoms with Crippen molar-refractivity contribution in [1.82, 2.24) is 10.2 Å². The van der Waals surface area contributed by atoms with E-state index in [1.54, 1.807) is 18.2 Å². The number of ether oxygens (including phenoxy) is 1. The standard InChI is InChI=1S/C29H37ClF2N4O4S/c1-29(2,3)17-35(15-18-5-4-6-18)22(14-33-28(39)23-9-10-24(30)41-23)27(38)34-21-8-7-19(13-20(21)26(31)32)36-11-12-40-16-25(36)37/h7-10,13,18,22,26H,4-6,11-12,14-17H2,1-3H3,(H,33,39)(H,34,38)/t22-/m0/s1. The first-order valence-electron chi connectivity index (χ1n) is 13.8. The van der Waals surface area contributed by atoms with Crippen LogP contribution in [-0.4, -0.2) is 68.1 Å². The lowest BCUT2D eigenvalue weighted by atomic mass is 9.84. The zero-order chi connectivity index (χ0) is 29.7. The SMILES string of the molecule is CC(C)(C)CN(CC1CCC1)[C@@H](CNC(=O)c1ccc(Cl)s1)C(=O)Nc1ccc(N2CCOCC2=O)cc1C(F)F. The quantitative estimate of drug-likeness (QED) is 0.346. The summed E-state index contributed by atoms with van der Waals surface area (Å²) in [5.74, 6) is -0.728. The second kappa shape index (κ2) is 13.6. The Labute approximate surface area is 248 Å². The van der Waals surface area contributed by atoms with Gasteiger partial charge in [0.2, 0.25) is 5.91 Å². The minimum absolute atomic E-state index is 0.00659. The monoisotopic (exact) mass is 610 g/mol. The summed E-state index contributed by atoms with van der Waals surface area (Å²) in [6.07, 6.45) is 0.374. The Morgan fingerprint density at radius 1 is 1.22 bits per heavy atom. The van der Waals surface area contributed by atoms with Crippen molar-refractivity contribution < 1.29 is 27.9 Å². The van der Waals surface area contributed by atoms with E-state index in [1.807, 2.05) is 0 Å². The Morgan fingerprint density at radius 2 is 1.98 bits per heavy atom. The average molecular weight is 611 g/mol. The van der Waals surface area contributed by atoms with Crippen LogP contribution in [0.1, 0.15) is 61.7 Å². The molecule has 224 valence electrons. The van der Waals surface area contributed by atoms with Crippen molar-refractivity contribution in [2.24, 2.45) is 11.3 Å².